The Morgan fingerprint density at radius 2 is 1.85 bits per heavy atom. The quantitative estimate of drug-likeness (QED) is 0.565. The number of nitrogens with zero attached hydrogens (tertiary/aromatic N) is 2. The maximum atomic E-state index is 13.8. The van der Waals surface area contributed by atoms with E-state index < -0.39 is 24.5 Å². The van der Waals surface area contributed by atoms with Gasteiger partial charge in [-0.3, -0.25) is 9.78 Å². The minimum Gasteiger partial charge on any atom is -0.487 e. The fraction of sp³-hybridized carbons (Fsp3) is 0.280. The van der Waals surface area contributed by atoms with Gasteiger partial charge in [0.2, 0.25) is 0 Å². The zero-order valence-corrected chi connectivity index (χ0v) is 17.6. The van der Waals surface area contributed by atoms with Crippen molar-refractivity contribution < 1.29 is 27.8 Å². The minimum atomic E-state index is -2.71. The van der Waals surface area contributed by atoms with Crippen LogP contribution in [-0.4, -0.2) is 29.0 Å². The number of ether oxygens (including phenoxy) is 1. The lowest BCUT2D eigenvalue weighted by atomic mass is 9.75. The molecule has 0 unspecified atom stereocenters. The van der Waals surface area contributed by atoms with Gasteiger partial charge in [0.15, 0.2) is 0 Å². The van der Waals surface area contributed by atoms with Crippen LogP contribution in [-0.2, 0) is 12.1 Å². The van der Waals surface area contributed by atoms with Crippen LogP contribution in [0.15, 0.2) is 54.7 Å². The van der Waals surface area contributed by atoms with E-state index in [2.05, 4.69) is 4.98 Å². The molecule has 1 N–H and O–H groups in total. The molecule has 0 spiro atoms. The topological polar surface area (TPSA) is 62.7 Å². The van der Waals surface area contributed by atoms with Gasteiger partial charge in [0.05, 0.1) is 17.8 Å². The minimum absolute atomic E-state index is 0.0554. The van der Waals surface area contributed by atoms with Crippen LogP contribution < -0.4 is 9.64 Å². The molecule has 1 aliphatic carbocycles. The highest BCUT2D eigenvalue weighted by Crippen LogP contribution is 2.42. The Labute approximate surface area is 188 Å². The lowest BCUT2D eigenvalue weighted by Crippen LogP contribution is -2.33. The molecule has 1 saturated carbocycles. The number of carbonyl (C=O) groups excluding carboxylic acids is 1. The number of aliphatic hydroxyl groups is 1. The molecule has 0 atom stereocenters. The van der Waals surface area contributed by atoms with Crippen molar-refractivity contribution in [1.29, 1.82) is 0 Å². The Balaban J connectivity index is 1.48. The molecule has 1 aliphatic heterocycles. The van der Waals surface area contributed by atoms with Crippen LogP contribution in [0.3, 0.4) is 0 Å². The van der Waals surface area contributed by atoms with Crippen molar-refractivity contribution >= 4 is 11.6 Å². The number of rotatable bonds is 6. The number of amides is 1. The summed E-state index contributed by atoms with van der Waals surface area (Å²) in [5.74, 6) is -0.900. The standard InChI is InChI=1S/C25H21F3N2O3/c26-16-4-7-19(21(12-16)33-14-22(27)28)23-20-13-30(24(31)18(20)8-11-29-23)17-5-2-15(3-6-17)25(32)9-1-10-25/h2-8,11-12,22,32H,1,9-10,13-14H2. The largest absolute Gasteiger partial charge is 0.487 e. The van der Waals surface area contributed by atoms with E-state index in [0.29, 0.717) is 28.1 Å². The number of carbonyl (C=O) groups is 1. The lowest BCUT2D eigenvalue weighted by Gasteiger charge is -2.37. The van der Waals surface area contributed by atoms with Gasteiger partial charge in [-0.15, -0.1) is 0 Å². The summed E-state index contributed by atoms with van der Waals surface area (Å²) >= 11 is 0. The molecule has 5 rings (SSSR count). The molecule has 0 saturated heterocycles. The molecule has 1 fully saturated rings. The molecule has 2 heterocycles. The summed E-state index contributed by atoms with van der Waals surface area (Å²) in [6.45, 7) is -0.665. The maximum absolute atomic E-state index is 13.8. The average Bonchev–Trinajstić information content (AvgIpc) is 3.13. The van der Waals surface area contributed by atoms with Crippen molar-refractivity contribution in [1.82, 2.24) is 4.98 Å². The monoisotopic (exact) mass is 454 g/mol. The van der Waals surface area contributed by atoms with E-state index in [1.807, 2.05) is 12.1 Å². The second-order valence-corrected chi connectivity index (χ2v) is 8.35. The first-order chi connectivity index (χ1) is 15.9. The Bertz CT molecular complexity index is 1210. The molecule has 1 amide bonds. The van der Waals surface area contributed by atoms with E-state index in [1.54, 1.807) is 23.1 Å². The van der Waals surface area contributed by atoms with E-state index in [-0.39, 0.29) is 18.2 Å². The van der Waals surface area contributed by atoms with Crippen molar-refractivity contribution in [2.75, 3.05) is 11.5 Å². The number of aromatic nitrogens is 1. The van der Waals surface area contributed by atoms with Gasteiger partial charge in [-0.2, -0.15) is 0 Å². The molecule has 33 heavy (non-hydrogen) atoms. The van der Waals surface area contributed by atoms with Gasteiger partial charge in [0.25, 0.3) is 12.3 Å². The van der Waals surface area contributed by atoms with Crippen LogP contribution in [0.25, 0.3) is 11.3 Å². The van der Waals surface area contributed by atoms with Crippen LogP contribution in [0.5, 0.6) is 5.75 Å². The highest BCUT2D eigenvalue weighted by atomic mass is 19.3. The van der Waals surface area contributed by atoms with Gasteiger partial charge in [0.1, 0.15) is 18.2 Å². The highest BCUT2D eigenvalue weighted by Gasteiger charge is 2.37. The van der Waals surface area contributed by atoms with Gasteiger partial charge in [-0.25, -0.2) is 13.2 Å². The number of alkyl halides is 2. The third-order valence-corrected chi connectivity index (χ3v) is 6.31. The molecule has 3 aromatic rings. The number of halogens is 3. The first-order valence-corrected chi connectivity index (χ1v) is 10.7. The van der Waals surface area contributed by atoms with Crippen LogP contribution in [0.1, 0.15) is 40.7 Å². The Morgan fingerprint density at radius 1 is 1.09 bits per heavy atom. The predicted octanol–water partition coefficient (Wildman–Crippen LogP) is 5.06. The Kier molecular flexibility index (Phi) is 5.32. The average molecular weight is 454 g/mol. The van der Waals surface area contributed by atoms with Gasteiger partial charge >= 0.3 is 0 Å². The van der Waals surface area contributed by atoms with Crippen molar-refractivity contribution in [2.24, 2.45) is 0 Å². The van der Waals surface area contributed by atoms with Crippen LogP contribution in [0.4, 0.5) is 18.9 Å². The highest BCUT2D eigenvalue weighted by molar-refractivity contribution is 6.11. The number of fused-ring (bicyclic) bond motifs is 1. The number of anilines is 1. The van der Waals surface area contributed by atoms with Crippen LogP contribution >= 0.6 is 0 Å². The third-order valence-electron chi connectivity index (χ3n) is 6.31. The second kappa shape index (κ2) is 8.19. The summed E-state index contributed by atoms with van der Waals surface area (Å²) < 4.78 is 44.3. The van der Waals surface area contributed by atoms with Crippen LogP contribution in [0, 0.1) is 5.82 Å². The molecular formula is C25H21F3N2O3. The predicted molar refractivity (Wildman–Crippen MR) is 116 cm³/mol. The van der Waals surface area contributed by atoms with Gasteiger partial charge < -0.3 is 14.7 Å². The fourth-order valence-electron chi connectivity index (χ4n) is 4.38. The summed E-state index contributed by atoms with van der Waals surface area (Å²) in [5.41, 5.74) is 2.48. The summed E-state index contributed by atoms with van der Waals surface area (Å²) in [6, 6.07) is 12.5. The van der Waals surface area contributed by atoms with Gasteiger partial charge in [0, 0.05) is 34.6 Å². The number of hydrogen-bond acceptors (Lipinski definition) is 4. The number of hydrogen-bond donors (Lipinski definition) is 1. The molecule has 0 bridgehead atoms. The second-order valence-electron chi connectivity index (χ2n) is 8.35. The van der Waals surface area contributed by atoms with Crippen molar-refractivity contribution in [2.45, 2.75) is 37.8 Å². The summed E-state index contributed by atoms with van der Waals surface area (Å²) in [5, 5.41) is 10.5. The van der Waals surface area contributed by atoms with Crippen molar-refractivity contribution in [3.8, 4) is 17.0 Å². The third kappa shape index (κ3) is 3.84. The van der Waals surface area contributed by atoms with E-state index in [1.165, 1.54) is 18.3 Å². The molecule has 5 nitrogen and oxygen atoms in total. The van der Waals surface area contributed by atoms with E-state index >= 15 is 0 Å². The summed E-state index contributed by atoms with van der Waals surface area (Å²) in [6.07, 6.45) is 1.19. The smallest absolute Gasteiger partial charge is 0.272 e. The summed E-state index contributed by atoms with van der Waals surface area (Å²) in [4.78, 5) is 19.1. The van der Waals surface area contributed by atoms with Crippen molar-refractivity contribution in [3.63, 3.8) is 0 Å². The van der Waals surface area contributed by atoms with E-state index in [4.69, 9.17) is 4.74 Å². The molecule has 0 radical (unpaired) electrons. The molecule has 8 heteroatoms. The molecule has 1 aromatic heterocycles. The molecule has 2 aliphatic rings. The summed E-state index contributed by atoms with van der Waals surface area (Å²) in [7, 11) is 0. The zero-order valence-electron chi connectivity index (χ0n) is 17.6. The number of benzene rings is 2. The molecule has 170 valence electrons. The SMILES string of the molecule is O=C1c2ccnc(-c3ccc(F)cc3OCC(F)F)c2CN1c1ccc(C2(O)CCC2)cc1. The Hall–Kier alpha value is -3.39. The van der Waals surface area contributed by atoms with Gasteiger partial charge in [-0.1, -0.05) is 12.1 Å². The normalized spacial score (nSPS) is 16.6. The Morgan fingerprint density at radius 3 is 2.52 bits per heavy atom. The fourth-order valence-corrected chi connectivity index (χ4v) is 4.38. The zero-order chi connectivity index (χ0) is 23.2. The molecule has 2 aromatic carbocycles. The first-order valence-electron chi connectivity index (χ1n) is 10.7. The van der Waals surface area contributed by atoms with E-state index in [0.717, 1.165) is 30.9 Å². The number of pyridine rings is 1. The van der Waals surface area contributed by atoms with E-state index in [9.17, 15) is 23.1 Å². The lowest BCUT2D eigenvalue weighted by molar-refractivity contribution is -0.0387. The maximum Gasteiger partial charge on any atom is 0.272 e. The van der Waals surface area contributed by atoms with Crippen molar-refractivity contribution in [3.05, 3.63) is 77.2 Å². The van der Waals surface area contributed by atoms with Gasteiger partial charge in [-0.05, 0) is 55.2 Å². The molecular weight excluding hydrogens is 433 g/mol. The van der Waals surface area contributed by atoms with Crippen LogP contribution in [0.2, 0.25) is 0 Å². The first kappa shape index (κ1) is 21.5.